The fourth-order valence-corrected chi connectivity index (χ4v) is 1.95. The van der Waals surface area contributed by atoms with E-state index in [1.54, 1.807) is 17.4 Å². The number of nitrogens with zero attached hydrogens (tertiary/aromatic N) is 3. The molecule has 0 amide bonds. The van der Waals surface area contributed by atoms with Crippen molar-refractivity contribution in [3.8, 4) is 0 Å². The SMILES string of the molecule is Cc1cnc(CNc2cc(Cl)ncn2)s1. The number of nitrogens with one attached hydrogen (secondary N) is 1. The summed E-state index contributed by atoms with van der Waals surface area (Å²) in [4.78, 5) is 13.3. The molecule has 0 spiro atoms. The fraction of sp³-hybridized carbons (Fsp3) is 0.222. The lowest BCUT2D eigenvalue weighted by atomic mass is 10.5. The maximum Gasteiger partial charge on any atom is 0.134 e. The first kappa shape index (κ1) is 10.3. The summed E-state index contributed by atoms with van der Waals surface area (Å²) in [5.74, 6) is 0.711. The molecule has 78 valence electrons. The van der Waals surface area contributed by atoms with Crippen molar-refractivity contribution in [1.82, 2.24) is 15.0 Å². The van der Waals surface area contributed by atoms with E-state index in [9.17, 15) is 0 Å². The summed E-state index contributed by atoms with van der Waals surface area (Å²) in [5, 5.41) is 4.59. The molecule has 2 aromatic heterocycles. The van der Waals surface area contributed by atoms with Crippen LogP contribution < -0.4 is 5.32 Å². The average molecular weight is 241 g/mol. The molecule has 0 saturated heterocycles. The summed E-state index contributed by atoms with van der Waals surface area (Å²) >= 11 is 7.39. The van der Waals surface area contributed by atoms with Crippen molar-refractivity contribution in [2.75, 3.05) is 5.32 Å². The maximum atomic E-state index is 5.73. The monoisotopic (exact) mass is 240 g/mol. The van der Waals surface area contributed by atoms with Crippen LogP contribution in [0, 0.1) is 6.92 Å². The van der Waals surface area contributed by atoms with E-state index in [0.29, 0.717) is 17.5 Å². The van der Waals surface area contributed by atoms with Crippen molar-refractivity contribution in [3.05, 3.63) is 33.6 Å². The molecule has 2 rings (SSSR count). The second-order valence-electron chi connectivity index (χ2n) is 2.94. The predicted molar refractivity (Wildman–Crippen MR) is 61.2 cm³/mol. The first-order chi connectivity index (χ1) is 7.24. The Morgan fingerprint density at radius 2 is 2.27 bits per heavy atom. The van der Waals surface area contributed by atoms with Gasteiger partial charge in [0.2, 0.25) is 0 Å². The molecule has 2 aromatic rings. The van der Waals surface area contributed by atoms with Crippen LogP contribution in [-0.4, -0.2) is 15.0 Å². The van der Waals surface area contributed by atoms with Crippen LogP contribution in [0.5, 0.6) is 0 Å². The number of aromatic nitrogens is 3. The van der Waals surface area contributed by atoms with Crippen LogP contribution in [0.4, 0.5) is 5.82 Å². The number of hydrogen-bond donors (Lipinski definition) is 1. The lowest BCUT2D eigenvalue weighted by Gasteiger charge is -2.01. The Hall–Kier alpha value is -1.20. The minimum Gasteiger partial charge on any atom is -0.363 e. The van der Waals surface area contributed by atoms with Crippen LogP contribution in [0.25, 0.3) is 0 Å². The van der Waals surface area contributed by atoms with Gasteiger partial charge >= 0.3 is 0 Å². The van der Waals surface area contributed by atoms with Crippen LogP contribution in [0.1, 0.15) is 9.88 Å². The third-order valence-corrected chi connectivity index (χ3v) is 2.84. The van der Waals surface area contributed by atoms with Gasteiger partial charge in [-0.1, -0.05) is 11.6 Å². The lowest BCUT2D eigenvalue weighted by Crippen LogP contribution is -2.00. The van der Waals surface area contributed by atoms with Crippen LogP contribution in [0.2, 0.25) is 5.15 Å². The van der Waals surface area contributed by atoms with Crippen LogP contribution in [0.3, 0.4) is 0 Å². The first-order valence-corrected chi connectivity index (χ1v) is 5.56. The third kappa shape index (κ3) is 2.87. The number of thiazole rings is 1. The Kier molecular flexibility index (Phi) is 3.13. The normalized spacial score (nSPS) is 10.3. The second-order valence-corrected chi connectivity index (χ2v) is 4.65. The lowest BCUT2D eigenvalue weighted by molar-refractivity contribution is 1.06. The van der Waals surface area contributed by atoms with E-state index in [-0.39, 0.29) is 0 Å². The molecular weight excluding hydrogens is 232 g/mol. The number of hydrogen-bond acceptors (Lipinski definition) is 5. The van der Waals surface area contributed by atoms with Crippen LogP contribution >= 0.6 is 22.9 Å². The third-order valence-electron chi connectivity index (χ3n) is 1.72. The Balaban J connectivity index is 1.99. The zero-order chi connectivity index (χ0) is 10.7. The highest BCUT2D eigenvalue weighted by Crippen LogP contribution is 2.14. The molecule has 0 aromatic carbocycles. The minimum absolute atomic E-state index is 0.433. The Morgan fingerprint density at radius 1 is 1.40 bits per heavy atom. The Bertz CT molecular complexity index is 457. The van der Waals surface area contributed by atoms with Gasteiger partial charge in [-0.25, -0.2) is 15.0 Å². The van der Waals surface area contributed by atoms with Gasteiger partial charge in [0.25, 0.3) is 0 Å². The molecule has 2 heterocycles. The van der Waals surface area contributed by atoms with Gasteiger partial charge < -0.3 is 5.32 Å². The maximum absolute atomic E-state index is 5.73. The first-order valence-electron chi connectivity index (χ1n) is 4.37. The van der Waals surface area contributed by atoms with Crippen LogP contribution in [0.15, 0.2) is 18.6 Å². The molecule has 1 N–H and O–H groups in total. The van der Waals surface area contributed by atoms with Gasteiger partial charge in [0.05, 0.1) is 6.54 Å². The van der Waals surface area contributed by atoms with E-state index in [0.717, 1.165) is 5.01 Å². The van der Waals surface area contributed by atoms with E-state index < -0.39 is 0 Å². The van der Waals surface area contributed by atoms with Gasteiger partial charge in [-0.15, -0.1) is 11.3 Å². The van der Waals surface area contributed by atoms with Crippen molar-refractivity contribution >= 4 is 28.8 Å². The van der Waals surface area contributed by atoms with Crippen molar-refractivity contribution in [2.24, 2.45) is 0 Å². The summed E-state index contributed by atoms with van der Waals surface area (Å²) in [6.07, 6.45) is 3.28. The summed E-state index contributed by atoms with van der Waals surface area (Å²) in [5.41, 5.74) is 0. The van der Waals surface area contributed by atoms with Gasteiger partial charge in [-0.05, 0) is 6.92 Å². The van der Waals surface area contributed by atoms with Gasteiger partial charge in [-0.2, -0.15) is 0 Å². The molecule has 0 aliphatic rings. The summed E-state index contributed by atoms with van der Waals surface area (Å²) in [6, 6.07) is 1.68. The van der Waals surface area contributed by atoms with Gasteiger partial charge in [-0.3, -0.25) is 0 Å². The molecule has 0 aliphatic carbocycles. The van der Waals surface area contributed by atoms with Crippen LogP contribution in [-0.2, 0) is 6.54 Å². The van der Waals surface area contributed by atoms with Gasteiger partial charge in [0.15, 0.2) is 0 Å². The van der Waals surface area contributed by atoms with E-state index in [4.69, 9.17) is 11.6 Å². The second kappa shape index (κ2) is 4.55. The Labute approximate surface area is 96.4 Å². The topological polar surface area (TPSA) is 50.7 Å². The number of rotatable bonds is 3. The molecular formula is C9H9ClN4S. The molecule has 0 bridgehead atoms. The highest BCUT2D eigenvalue weighted by Gasteiger charge is 2.00. The van der Waals surface area contributed by atoms with E-state index in [1.165, 1.54) is 11.2 Å². The smallest absolute Gasteiger partial charge is 0.134 e. The number of anilines is 1. The number of halogens is 1. The van der Waals surface area contributed by atoms with Crippen molar-refractivity contribution in [2.45, 2.75) is 13.5 Å². The van der Waals surface area contributed by atoms with Crippen molar-refractivity contribution < 1.29 is 0 Å². The van der Waals surface area contributed by atoms with E-state index >= 15 is 0 Å². The zero-order valence-corrected chi connectivity index (χ0v) is 9.64. The predicted octanol–water partition coefficient (Wildman–Crippen LogP) is 2.51. The molecule has 0 aliphatic heterocycles. The number of aryl methyl sites for hydroxylation is 1. The van der Waals surface area contributed by atoms with Gasteiger partial charge in [0, 0.05) is 17.1 Å². The standard InChI is InChI=1S/C9H9ClN4S/c1-6-3-12-9(15-6)4-11-8-2-7(10)13-5-14-8/h2-3,5H,4H2,1H3,(H,11,13,14). The molecule has 15 heavy (non-hydrogen) atoms. The molecule has 0 atom stereocenters. The van der Waals surface area contributed by atoms with Crippen molar-refractivity contribution in [1.29, 1.82) is 0 Å². The highest BCUT2D eigenvalue weighted by molar-refractivity contribution is 7.11. The molecule has 0 unspecified atom stereocenters. The van der Waals surface area contributed by atoms with Gasteiger partial charge in [0.1, 0.15) is 22.3 Å². The largest absolute Gasteiger partial charge is 0.363 e. The summed E-state index contributed by atoms with van der Waals surface area (Å²) < 4.78 is 0. The quantitative estimate of drug-likeness (QED) is 0.838. The van der Waals surface area contributed by atoms with E-state index in [2.05, 4.69) is 20.3 Å². The molecule has 4 nitrogen and oxygen atoms in total. The zero-order valence-electron chi connectivity index (χ0n) is 8.07. The molecule has 0 radical (unpaired) electrons. The summed E-state index contributed by atoms with van der Waals surface area (Å²) in [7, 11) is 0. The minimum atomic E-state index is 0.433. The molecule has 0 saturated carbocycles. The molecule has 6 heteroatoms. The van der Waals surface area contributed by atoms with E-state index in [1.807, 2.05) is 13.1 Å². The highest BCUT2D eigenvalue weighted by atomic mass is 35.5. The molecule has 0 fully saturated rings. The Morgan fingerprint density at radius 3 is 2.93 bits per heavy atom. The summed E-state index contributed by atoms with van der Waals surface area (Å²) in [6.45, 7) is 2.69. The average Bonchev–Trinajstić information content (AvgIpc) is 2.62. The van der Waals surface area contributed by atoms with Crippen molar-refractivity contribution in [3.63, 3.8) is 0 Å². The fourth-order valence-electron chi connectivity index (χ4n) is 1.08.